The van der Waals surface area contributed by atoms with Crippen molar-refractivity contribution in [2.45, 2.75) is 58.5 Å². The van der Waals surface area contributed by atoms with E-state index in [1.165, 1.54) is 0 Å². The van der Waals surface area contributed by atoms with Gasteiger partial charge in [-0.05, 0) is 44.7 Å². The summed E-state index contributed by atoms with van der Waals surface area (Å²) in [7, 11) is 0. The number of piperazine rings is 1. The van der Waals surface area contributed by atoms with Gasteiger partial charge in [0.15, 0.2) is 5.96 Å². The zero-order chi connectivity index (χ0) is 22.3. The van der Waals surface area contributed by atoms with Crippen LogP contribution in [0.2, 0.25) is 0 Å². The van der Waals surface area contributed by atoms with Crippen LogP contribution in [-0.2, 0) is 27.4 Å². The molecule has 2 saturated heterocycles. The Morgan fingerprint density at radius 2 is 1.62 bits per heavy atom. The molecule has 2 aliphatic heterocycles. The number of carbonyl (C=O) groups excluding carboxylic acids is 1. The van der Waals surface area contributed by atoms with Gasteiger partial charge in [-0.1, -0.05) is 24.3 Å². The van der Waals surface area contributed by atoms with Crippen molar-refractivity contribution in [3.05, 3.63) is 35.4 Å². The van der Waals surface area contributed by atoms with Crippen molar-refractivity contribution in [3.63, 3.8) is 0 Å². The minimum Gasteiger partial charge on any atom is -0.444 e. The molecule has 0 aliphatic carbocycles. The molecule has 0 saturated carbocycles. The van der Waals surface area contributed by atoms with Gasteiger partial charge in [-0.3, -0.25) is 0 Å². The van der Waals surface area contributed by atoms with Crippen LogP contribution in [0.25, 0.3) is 0 Å². The van der Waals surface area contributed by atoms with Gasteiger partial charge < -0.3 is 29.7 Å². The molecule has 2 fully saturated rings. The lowest BCUT2D eigenvalue weighted by atomic mass is 10.1. The smallest absolute Gasteiger partial charge is 0.410 e. The molecule has 0 atom stereocenters. The SMILES string of the molecule is CC(C)(C)OC(=O)N1CCN(C(N)=NCc2ccc(COC3CCOCC3)cc2)CC1.I. The number of carbonyl (C=O) groups is 1. The van der Waals surface area contributed by atoms with Crippen LogP contribution in [0.1, 0.15) is 44.7 Å². The average Bonchev–Trinajstić information content (AvgIpc) is 2.76. The van der Waals surface area contributed by atoms with Crippen molar-refractivity contribution >= 4 is 36.0 Å². The molecule has 3 rings (SSSR count). The van der Waals surface area contributed by atoms with Crippen molar-refractivity contribution in [1.82, 2.24) is 9.80 Å². The Kier molecular flexibility index (Phi) is 10.5. The summed E-state index contributed by atoms with van der Waals surface area (Å²) in [6.45, 7) is 10.8. The zero-order valence-corrected chi connectivity index (χ0v) is 21.7. The van der Waals surface area contributed by atoms with Gasteiger partial charge >= 0.3 is 6.09 Å². The summed E-state index contributed by atoms with van der Waals surface area (Å²) in [4.78, 5) is 20.4. The minimum absolute atomic E-state index is 0. The first-order valence-electron chi connectivity index (χ1n) is 11.1. The summed E-state index contributed by atoms with van der Waals surface area (Å²) in [5.41, 5.74) is 7.97. The van der Waals surface area contributed by atoms with E-state index in [0.29, 0.717) is 51.4 Å². The number of amides is 1. The molecule has 0 spiro atoms. The van der Waals surface area contributed by atoms with Crippen molar-refractivity contribution in [1.29, 1.82) is 0 Å². The standard InChI is InChI=1S/C23H36N4O4.HI/c1-23(2,3)31-22(28)27-12-10-26(11-13-27)21(24)25-16-18-4-6-19(7-5-18)17-30-20-8-14-29-15-9-20;/h4-7,20H,8-17H2,1-3H3,(H2,24,25);1H. The van der Waals surface area contributed by atoms with Crippen molar-refractivity contribution in [3.8, 4) is 0 Å². The number of benzene rings is 1. The number of ether oxygens (including phenoxy) is 3. The summed E-state index contributed by atoms with van der Waals surface area (Å²) in [5, 5.41) is 0. The Morgan fingerprint density at radius 3 is 2.22 bits per heavy atom. The Hall–Kier alpha value is -1.59. The Labute approximate surface area is 208 Å². The van der Waals surface area contributed by atoms with Crippen LogP contribution >= 0.6 is 24.0 Å². The second kappa shape index (κ2) is 12.6. The highest BCUT2D eigenvalue weighted by atomic mass is 127. The predicted molar refractivity (Wildman–Crippen MR) is 135 cm³/mol. The second-order valence-electron chi connectivity index (χ2n) is 9.07. The summed E-state index contributed by atoms with van der Waals surface area (Å²) in [6.07, 6.45) is 1.97. The van der Waals surface area contributed by atoms with Gasteiger partial charge in [0.2, 0.25) is 0 Å². The van der Waals surface area contributed by atoms with Crippen molar-refractivity contribution < 1.29 is 19.0 Å². The maximum absolute atomic E-state index is 12.2. The van der Waals surface area contributed by atoms with Gasteiger partial charge in [-0.25, -0.2) is 9.79 Å². The van der Waals surface area contributed by atoms with Crippen LogP contribution in [-0.4, -0.2) is 73.0 Å². The fourth-order valence-corrected chi connectivity index (χ4v) is 3.51. The number of nitrogens with zero attached hydrogens (tertiary/aromatic N) is 3. The van der Waals surface area contributed by atoms with E-state index in [-0.39, 0.29) is 30.1 Å². The molecular weight excluding hydrogens is 523 g/mol. The summed E-state index contributed by atoms with van der Waals surface area (Å²) < 4.78 is 16.8. The molecule has 1 aromatic carbocycles. The zero-order valence-electron chi connectivity index (χ0n) is 19.4. The van der Waals surface area contributed by atoms with E-state index in [0.717, 1.165) is 37.2 Å². The molecule has 8 nitrogen and oxygen atoms in total. The van der Waals surface area contributed by atoms with E-state index in [1.807, 2.05) is 25.7 Å². The molecule has 9 heteroatoms. The molecule has 2 heterocycles. The number of hydrogen-bond acceptors (Lipinski definition) is 5. The summed E-state index contributed by atoms with van der Waals surface area (Å²) in [6, 6.07) is 8.31. The van der Waals surface area contributed by atoms with Gasteiger partial charge in [-0.15, -0.1) is 24.0 Å². The molecule has 0 radical (unpaired) electrons. The number of guanidine groups is 1. The number of nitrogens with two attached hydrogens (primary N) is 1. The van der Waals surface area contributed by atoms with Crippen LogP contribution in [0.3, 0.4) is 0 Å². The third kappa shape index (κ3) is 8.74. The third-order valence-electron chi connectivity index (χ3n) is 5.36. The number of hydrogen-bond donors (Lipinski definition) is 1. The highest BCUT2D eigenvalue weighted by Gasteiger charge is 2.26. The van der Waals surface area contributed by atoms with E-state index in [4.69, 9.17) is 19.9 Å². The predicted octanol–water partition coefficient (Wildman–Crippen LogP) is 3.37. The second-order valence-corrected chi connectivity index (χ2v) is 9.07. The van der Waals surface area contributed by atoms with Crippen LogP contribution in [0.5, 0.6) is 0 Å². The Morgan fingerprint density at radius 1 is 1.06 bits per heavy atom. The molecule has 0 bridgehead atoms. The average molecular weight is 560 g/mol. The van der Waals surface area contributed by atoms with Crippen molar-refractivity contribution in [2.24, 2.45) is 10.7 Å². The molecule has 2 aliphatic rings. The highest BCUT2D eigenvalue weighted by molar-refractivity contribution is 14.0. The first kappa shape index (κ1) is 26.7. The lowest BCUT2D eigenvalue weighted by molar-refractivity contribution is -0.0390. The molecule has 1 amide bonds. The first-order valence-corrected chi connectivity index (χ1v) is 11.1. The maximum Gasteiger partial charge on any atom is 0.410 e. The van der Waals surface area contributed by atoms with Crippen LogP contribution < -0.4 is 5.73 Å². The van der Waals surface area contributed by atoms with Gasteiger partial charge in [-0.2, -0.15) is 0 Å². The lowest BCUT2D eigenvalue weighted by Crippen LogP contribution is -2.53. The van der Waals surface area contributed by atoms with Gasteiger partial charge in [0.05, 0.1) is 19.3 Å². The fourth-order valence-electron chi connectivity index (χ4n) is 3.51. The molecule has 0 unspecified atom stereocenters. The molecule has 32 heavy (non-hydrogen) atoms. The molecule has 0 aromatic heterocycles. The van der Waals surface area contributed by atoms with E-state index < -0.39 is 5.60 Å². The Balaban J connectivity index is 0.00000363. The van der Waals surface area contributed by atoms with E-state index >= 15 is 0 Å². The minimum atomic E-state index is -0.485. The van der Waals surface area contributed by atoms with E-state index in [1.54, 1.807) is 4.90 Å². The summed E-state index contributed by atoms with van der Waals surface area (Å²) in [5.74, 6) is 0.510. The topological polar surface area (TPSA) is 89.6 Å². The van der Waals surface area contributed by atoms with Crippen molar-refractivity contribution in [2.75, 3.05) is 39.4 Å². The number of halogens is 1. The number of aliphatic imine (C=N–C) groups is 1. The van der Waals surface area contributed by atoms with Crippen LogP contribution in [0.4, 0.5) is 4.79 Å². The molecule has 1 aromatic rings. The van der Waals surface area contributed by atoms with Crippen LogP contribution in [0, 0.1) is 0 Å². The monoisotopic (exact) mass is 560 g/mol. The molecular formula is C23H37IN4O4. The summed E-state index contributed by atoms with van der Waals surface area (Å²) >= 11 is 0. The Bertz CT molecular complexity index is 737. The largest absolute Gasteiger partial charge is 0.444 e. The van der Waals surface area contributed by atoms with Gasteiger partial charge in [0.1, 0.15) is 5.60 Å². The maximum atomic E-state index is 12.2. The normalized spacial score (nSPS) is 18.3. The van der Waals surface area contributed by atoms with E-state index in [2.05, 4.69) is 29.3 Å². The number of rotatable bonds is 5. The molecule has 2 N–H and O–H groups in total. The molecule has 180 valence electrons. The van der Waals surface area contributed by atoms with E-state index in [9.17, 15) is 4.79 Å². The quantitative estimate of drug-likeness (QED) is 0.338. The highest BCUT2D eigenvalue weighted by Crippen LogP contribution is 2.15. The van der Waals surface area contributed by atoms with Gasteiger partial charge in [0, 0.05) is 39.4 Å². The lowest BCUT2D eigenvalue weighted by Gasteiger charge is -2.36. The first-order chi connectivity index (χ1) is 14.8. The fraction of sp³-hybridized carbons (Fsp3) is 0.652. The van der Waals surface area contributed by atoms with Gasteiger partial charge in [0.25, 0.3) is 0 Å². The third-order valence-corrected chi connectivity index (χ3v) is 5.36. The van der Waals surface area contributed by atoms with Crippen LogP contribution in [0.15, 0.2) is 29.3 Å².